The number of nitrogens with zero attached hydrogens (tertiary/aromatic N) is 4. The number of rotatable bonds is 7. The van der Waals surface area contributed by atoms with E-state index < -0.39 is 11.1 Å². The zero-order valence-corrected chi connectivity index (χ0v) is 31.4. The van der Waals surface area contributed by atoms with E-state index in [1.807, 2.05) is 72.2 Å². The summed E-state index contributed by atoms with van der Waals surface area (Å²) in [6.07, 6.45) is 2.42. The third-order valence-corrected chi connectivity index (χ3v) is 11.0. The van der Waals surface area contributed by atoms with E-state index in [1.54, 1.807) is 0 Å². The maximum Gasteiger partial charge on any atom is 0.326 e. The Hall–Kier alpha value is -3.10. The van der Waals surface area contributed by atoms with Crippen molar-refractivity contribution in [1.82, 2.24) is 14.7 Å². The largest absolute Gasteiger partial charge is 0.490 e. The van der Waals surface area contributed by atoms with E-state index in [0.29, 0.717) is 34.7 Å². The lowest BCUT2D eigenvalue weighted by molar-refractivity contribution is 0.0485. The third kappa shape index (κ3) is 6.97. The van der Waals surface area contributed by atoms with Crippen LogP contribution in [-0.2, 0) is 21.2 Å². The summed E-state index contributed by atoms with van der Waals surface area (Å²) in [5, 5.41) is 1.27. The molecule has 7 nitrogen and oxygen atoms in total. The first kappa shape index (κ1) is 35.7. The van der Waals surface area contributed by atoms with E-state index in [2.05, 4.69) is 57.7 Å². The number of benzene rings is 3. The van der Waals surface area contributed by atoms with Crippen LogP contribution < -0.4 is 4.74 Å². The molecule has 1 unspecified atom stereocenters. The molecular formula is C40H50Cl2N4O3. The smallest absolute Gasteiger partial charge is 0.326 e. The number of amidine groups is 1. The lowest BCUT2D eigenvalue weighted by Gasteiger charge is -2.47. The monoisotopic (exact) mass is 704 g/mol. The molecule has 0 aliphatic carbocycles. The van der Waals surface area contributed by atoms with Crippen molar-refractivity contribution in [2.75, 3.05) is 39.3 Å². The Kier molecular flexibility index (Phi) is 10.1. The molecule has 3 aliphatic rings. The number of urea groups is 1. The maximum atomic E-state index is 15.3. The number of amides is 2. The second kappa shape index (κ2) is 13.9. The lowest BCUT2D eigenvalue weighted by atomic mass is 9.71. The Morgan fingerprint density at radius 2 is 1.55 bits per heavy atom. The molecule has 3 aliphatic heterocycles. The molecule has 9 heteroatoms. The van der Waals surface area contributed by atoms with Crippen LogP contribution in [0.5, 0.6) is 5.75 Å². The van der Waals surface area contributed by atoms with Gasteiger partial charge in [-0.25, -0.2) is 4.79 Å². The van der Waals surface area contributed by atoms with Gasteiger partial charge in [0.25, 0.3) is 0 Å². The van der Waals surface area contributed by atoms with Crippen molar-refractivity contribution in [2.24, 2.45) is 4.99 Å². The van der Waals surface area contributed by atoms with Gasteiger partial charge in [0.15, 0.2) is 0 Å². The van der Waals surface area contributed by atoms with E-state index >= 15 is 4.79 Å². The summed E-state index contributed by atoms with van der Waals surface area (Å²) < 4.78 is 12.5. The van der Waals surface area contributed by atoms with Crippen LogP contribution in [0.2, 0.25) is 10.0 Å². The van der Waals surface area contributed by atoms with Crippen LogP contribution >= 0.6 is 23.2 Å². The highest BCUT2D eigenvalue weighted by atomic mass is 35.5. The Balaban J connectivity index is 1.50. The van der Waals surface area contributed by atoms with Gasteiger partial charge in [-0.15, -0.1) is 0 Å². The molecule has 2 fully saturated rings. The molecule has 3 aromatic carbocycles. The number of carbonyl (C=O) groups is 1. The number of piperazine rings is 1. The van der Waals surface area contributed by atoms with Crippen molar-refractivity contribution < 1.29 is 14.3 Å². The zero-order chi connectivity index (χ0) is 35.1. The molecule has 0 radical (unpaired) electrons. The van der Waals surface area contributed by atoms with Crippen LogP contribution in [0, 0.1) is 0 Å². The summed E-state index contributed by atoms with van der Waals surface area (Å²) in [6.45, 7) is 19.4. The summed E-state index contributed by atoms with van der Waals surface area (Å²) in [5.74, 6) is 1.29. The van der Waals surface area contributed by atoms with E-state index in [9.17, 15) is 0 Å². The SMILES string of the molecule is CC(C)Oc1cc(C(C)(C)C)ccc1C1=N[C@@](C)(c2ccc(Cl)cc2)[C@@](C)(c2ccc(Cl)cc2)N1C(=O)N1CCN(CC2CCCO2)CC1. The molecule has 3 atom stereocenters. The number of ether oxygens (including phenoxy) is 2. The van der Waals surface area contributed by atoms with Gasteiger partial charge in [-0.2, -0.15) is 0 Å². The van der Waals surface area contributed by atoms with Crippen LogP contribution in [0.15, 0.2) is 71.7 Å². The Morgan fingerprint density at radius 1 is 0.939 bits per heavy atom. The van der Waals surface area contributed by atoms with Crippen LogP contribution in [0.3, 0.4) is 0 Å². The minimum absolute atomic E-state index is 0.0812. The standard InChI is InChI=1S/C40H50Cl2N4O3/c1-27(2)49-35-25-30(38(3,4)5)14-19-34(35)36-43-39(6,28-10-15-31(41)16-11-28)40(7,29-12-17-32(42)18-13-29)46(36)37(47)45-22-20-44(21-23-45)26-33-9-8-24-48-33/h10-19,25,27,33H,8-9,20-24,26H2,1-7H3/t33?,39-,40+/m0/s1. The number of carbonyl (C=O) groups excluding carboxylic acids is 1. The molecule has 49 heavy (non-hydrogen) atoms. The molecule has 0 saturated carbocycles. The first-order chi connectivity index (χ1) is 23.2. The van der Waals surface area contributed by atoms with E-state index in [0.717, 1.165) is 61.3 Å². The van der Waals surface area contributed by atoms with Crippen LogP contribution in [0.1, 0.15) is 83.6 Å². The van der Waals surface area contributed by atoms with Gasteiger partial charge in [0, 0.05) is 49.4 Å². The highest BCUT2D eigenvalue weighted by Crippen LogP contribution is 2.54. The molecule has 3 aromatic rings. The molecule has 0 N–H and O–H groups in total. The van der Waals surface area contributed by atoms with Gasteiger partial charge < -0.3 is 14.4 Å². The van der Waals surface area contributed by atoms with E-state index in [1.165, 1.54) is 0 Å². The van der Waals surface area contributed by atoms with Crippen LogP contribution in [-0.4, -0.2) is 78.1 Å². The highest BCUT2D eigenvalue weighted by Gasteiger charge is 2.60. The summed E-state index contributed by atoms with van der Waals surface area (Å²) in [5.41, 5.74) is 1.84. The average molecular weight is 706 g/mol. The molecule has 3 heterocycles. The minimum Gasteiger partial charge on any atom is -0.490 e. The molecule has 2 amide bonds. The molecule has 0 aromatic heterocycles. The van der Waals surface area contributed by atoms with Crippen molar-refractivity contribution in [3.8, 4) is 5.75 Å². The van der Waals surface area contributed by atoms with E-state index in [4.69, 9.17) is 37.7 Å². The summed E-state index contributed by atoms with van der Waals surface area (Å²) in [6, 6.07) is 21.9. The molecule has 2 saturated heterocycles. The fraction of sp³-hybridized carbons (Fsp3) is 0.500. The summed E-state index contributed by atoms with van der Waals surface area (Å²) >= 11 is 12.9. The van der Waals surface area contributed by atoms with Crippen LogP contribution in [0.25, 0.3) is 0 Å². The van der Waals surface area contributed by atoms with Gasteiger partial charge in [0.05, 0.1) is 17.8 Å². The van der Waals surface area contributed by atoms with Gasteiger partial charge in [-0.1, -0.05) is 74.3 Å². The normalized spacial score (nSPS) is 24.9. The van der Waals surface area contributed by atoms with Crippen molar-refractivity contribution in [3.63, 3.8) is 0 Å². The van der Waals surface area contributed by atoms with Crippen molar-refractivity contribution in [3.05, 3.63) is 99.0 Å². The fourth-order valence-corrected chi connectivity index (χ4v) is 7.68. The topological polar surface area (TPSA) is 57.6 Å². The molecule has 0 spiro atoms. The van der Waals surface area contributed by atoms with Gasteiger partial charge in [0.1, 0.15) is 22.7 Å². The molecular weight excluding hydrogens is 655 g/mol. The minimum atomic E-state index is -0.954. The third-order valence-electron chi connectivity index (χ3n) is 10.5. The number of halogens is 2. The van der Waals surface area contributed by atoms with Crippen LogP contribution in [0.4, 0.5) is 4.79 Å². The summed E-state index contributed by atoms with van der Waals surface area (Å²) in [4.78, 5) is 27.2. The van der Waals surface area contributed by atoms with Crippen molar-refractivity contribution >= 4 is 35.1 Å². The van der Waals surface area contributed by atoms with E-state index in [-0.39, 0.29) is 23.7 Å². The van der Waals surface area contributed by atoms with Gasteiger partial charge in [-0.05, 0) is 99.0 Å². The zero-order valence-electron chi connectivity index (χ0n) is 29.9. The van der Waals surface area contributed by atoms with Gasteiger partial charge >= 0.3 is 6.03 Å². The summed E-state index contributed by atoms with van der Waals surface area (Å²) in [7, 11) is 0. The molecule has 262 valence electrons. The predicted octanol–water partition coefficient (Wildman–Crippen LogP) is 8.89. The fourth-order valence-electron chi connectivity index (χ4n) is 7.43. The first-order valence-corrected chi connectivity index (χ1v) is 18.3. The highest BCUT2D eigenvalue weighted by molar-refractivity contribution is 6.30. The number of aliphatic imine (C=N–C) groups is 1. The average Bonchev–Trinajstić information content (AvgIpc) is 3.65. The van der Waals surface area contributed by atoms with Crippen molar-refractivity contribution in [1.29, 1.82) is 0 Å². The number of hydrogen-bond donors (Lipinski definition) is 0. The number of hydrogen-bond acceptors (Lipinski definition) is 5. The Morgan fingerprint density at radius 3 is 2.10 bits per heavy atom. The Labute approximate surface area is 302 Å². The lowest BCUT2D eigenvalue weighted by Crippen LogP contribution is -2.61. The first-order valence-electron chi connectivity index (χ1n) is 17.6. The second-order valence-electron chi connectivity index (χ2n) is 15.3. The molecule has 0 bridgehead atoms. The van der Waals surface area contributed by atoms with Crippen molar-refractivity contribution in [2.45, 2.75) is 90.0 Å². The second-order valence-corrected chi connectivity index (χ2v) is 16.1. The quantitative estimate of drug-likeness (QED) is 0.247. The molecule has 6 rings (SSSR count). The van der Waals surface area contributed by atoms with Gasteiger partial charge in [-0.3, -0.25) is 14.8 Å². The Bertz CT molecular complexity index is 1670. The predicted molar refractivity (Wildman–Crippen MR) is 199 cm³/mol. The maximum absolute atomic E-state index is 15.3. The van der Waals surface area contributed by atoms with Gasteiger partial charge in [0.2, 0.25) is 0 Å².